The van der Waals surface area contributed by atoms with Crippen LogP contribution in [0.4, 0.5) is 4.39 Å². The third-order valence-corrected chi connectivity index (χ3v) is 5.52. The maximum Gasteiger partial charge on any atom is 0.244 e. The second-order valence-electron chi connectivity index (χ2n) is 4.98. The Bertz CT molecular complexity index is 680. The Balaban J connectivity index is 2.41. The van der Waals surface area contributed by atoms with E-state index in [4.69, 9.17) is 23.1 Å². The van der Waals surface area contributed by atoms with Gasteiger partial charge in [-0.25, -0.2) is 12.8 Å². The van der Waals surface area contributed by atoms with Crippen LogP contribution in [0.2, 0.25) is 5.02 Å². The summed E-state index contributed by atoms with van der Waals surface area (Å²) in [7, 11) is -3.91. The highest BCUT2D eigenvalue weighted by Gasteiger charge is 2.32. The highest BCUT2D eigenvalue weighted by atomic mass is 35.5. The van der Waals surface area contributed by atoms with Gasteiger partial charge in [0.1, 0.15) is 5.82 Å². The van der Waals surface area contributed by atoms with Crippen molar-refractivity contribution in [1.29, 1.82) is 0 Å². The third kappa shape index (κ3) is 3.55. The molecule has 0 saturated heterocycles. The van der Waals surface area contributed by atoms with Crippen LogP contribution in [-0.2, 0) is 16.6 Å². The minimum absolute atomic E-state index is 0.0299. The van der Waals surface area contributed by atoms with Gasteiger partial charge in [-0.05, 0) is 30.9 Å². The van der Waals surface area contributed by atoms with E-state index >= 15 is 0 Å². The molecular weight excluding hydrogens is 317 g/mol. The van der Waals surface area contributed by atoms with E-state index in [2.05, 4.69) is 5.92 Å². The van der Waals surface area contributed by atoms with Gasteiger partial charge < -0.3 is 5.11 Å². The van der Waals surface area contributed by atoms with Gasteiger partial charge in [0.05, 0.1) is 23.1 Å². The number of nitrogens with zero attached hydrogens (tertiary/aromatic N) is 1. The Kier molecular flexibility index (Phi) is 4.89. The molecule has 0 heterocycles. The molecule has 0 atom stereocenters. The predicted octanol–water partition coefficient (Wildman–Crippen LogP) is 2.01. The molecule has 4 nitrogen and oxygen atoms in total. The van der Waals surface area contributed by atoms with Gasteiger partial charge >= 0.3 is 0 Å². The van der Waals surface area contributed by atoms with E-state index < -0.39 is 22.4 Å². The molecule has 0 radical (unpaired) electrons. The molecule has 0 aliphatic heterocycles. The molecule has 0 spiro atoms. The number of hydrogen-bond acceptors (Lipinski definition) is 3. The maximum absolute atomic E-state index is 13.7. The van der Waals surface area contributed by atoms with Crippen molar-refractivity contribution in [2.24, 2.45) is 5.92 Å². The molecule has 21 heavy (non-hydrogen) atoms. The average molecular weight is 332 g/mol. The first kappa shape index (κ1) is 16.2. The number of hydrogen-bond donors (Lipinski definition) is 1. The number of halogens is 2. The lowest BCUT2D eigenvalue weighted by Gasteiger charge is -2.20. The second kappa shape index (κ2) is 6.32. The van der Waals surface area contributed by atoms with Gasteiger partial charge in [-0.2, -0.15) is 4.31 Å². The van der Waals surface area contributed by atoms with Crippen molar-refractivity contribution in [3.8, 4) is 12.3 Å². The van der Waals surface area contributed by atoms with Crippen LogP contribution in [0.3, 0.4) is 0 Å². The fraction of sp³-hybridized carbons (Fsp3) is 0.429. The standard InChI is InChI=1S/C14H15ClFNO3S/c1-2-5-17(8-10-3-4-10)21(19,20)12-6-11(9-18)14(15)13(16)7-12/h1,6-7,10,18H,3-5,8-9H2. The van der Waals surface area contributed by atoms with Crippen LogP contribution < -0.4 is 0 Å². The van der Waals surface area contributed by atoms with E-state index in [-0.39, 0.29) is 22.0 Å². The molecule has 2 rings (SSSR count). The summed E-state index contributed by atoms with van der Waals surface area (Å²) >= 11 is 5.67. The lowest BCUT2D eigenvalue weighted by molar-refractivity contribution is 0.281. The van der Waals surface area contributed by atoms with E-state index in [1.807, 2.05) is 0 Å². The molecule has 1 aliphatic rings. The molecule has 1 aliphatic carbocycles. The van der Waals surface area contributed by atoms with E-state index in [1.54, 1.807) is 0 Å². The average Bonchev–Trinajstić information content (AvgIpc) is 3.25. The minimum Gasteiger partial charge on any atom is -0.392 e. The molecule has 1 aromatic rings. The lowest BCUT2D eigenvalue weighted by atomic mass is 10.2. The number of aliphatic hydroxyl groups excluding tert-OH is 1. The maximum atomic E-state index is 13.7. The highest BCUT2D eigenvalue weighted by Crippen LogP contribution is 2.32. The molecule has 1 N–H and O–H groups in total. The minimum atomic E-state index is -3.91. The predicted molar refractivity (Wildman–Crippen MR) is 77.6 cm³/mol. The highest BCUT2D eigenvalue weighted by molar-refractivity contribution is 7.89. The van der Waals surface area contributed by atoms with Crippen LogP contribution in [0.25, 0.3) is 0 Å². The van der Waals surface area contributed by atoms with Crippen molar-refractivity contribution in [3.63, 3.8) is 0 Å². The van der Waals surface area contributed by atoms with Gasteiger partial charge in [-0.15, -0.1) is 6.42 Å². The van der Waals surface area contributed by atoms with Crippen LogP contribution in [0, 0.1) is 24.1 Å². The van der Waals surface area contributed by atoms with Crippen molar-refractivity contribution in [2.45, 2.75) is 24.3 Å². The molecular formula is C14H15ClFNO3S. The van der Waals surface area contributed by atoms with Gasteiger partial charge in [-0.1, -0.05) is 17.5 Å². The van der Waals surface area contributed by atoms with Crippen molar-refractivity contribution in [3.05, 3.63) is 28.5 Å². The van der Waals surface area contributed by atoms with Crippen molar-refractivity contribution in [2.75, 3.05) is 13.1 Å². The SMILES string of the molecule is C#CCN(CC1CC1)S(=O)(=O)c1cc(F)c(Cl)c(CO)c1. The Hall–Kier alpha value is -1.13. The van der Waals surface area contributed by atoms with Gasteiger partial charge in [0.2, 0.25) is 10.0 Å². The summed E-state index contributed by atoms with van der Waals surface area (Å²) in [5, 5.41) is 8.86. The van der Waals surface area contributed by atoms with E-state index in [0.29, 0.717) is 12.5 Å². The molecule has 0 unspecified atom stereocenters. The van der Waals surface area contributed by atoms with E-state index in [9.17, 15) is 12.8 Å². The summed E-state index contributed by atoms with van der Waals surface area (Å²) in [4.78, 5) is -0.246. The molecule has 0 aromatic heterocycles. The normalized spacial score (nSPS) is 15.2. The van der Waals surface area contributed by atoms with Crippen LogP contribution in [0.15, 0.2) is 17.0 Å². The van der Waals surface area contributed by atoms with Crippen LogP contribution in [0.5, 0.6) is 0 Å². The Morgan fingerprint density at radius 2 is 2.14 bits per heavy atom. The Labute approximate surface area is 128 Å². The molecule has 1 fully saturated rings. The quantitative estimate of drug-likeness (QED) is 0.811. The fourth-order valence-electron chi connectivity index (χ4n) is 1.97. The van der Waals surface area contributed by atoms with E-state index in [0.717, 1.165) is 23.2 Å². The monoisotopic (exact) mass is 331 g/mol. The number of aliphatic hydroxyl groups is 1. The fourth-order valence-corrected chi connectivity index (χ4v) is 3.63. The molecule has 0 bridgehead atoms. The zero-order valence-electron chi connectivity index (χ0n) is 11.2. The van der Waals surface area contributed by atoms with Crippen LogP contribution in [0.1, 0.15) is 18.4 Å². The van der Waals surface area contributed by atoms with Gasteiger partial charge in [0, 0.05) is 12.1 Å². The molecule has 1 aromatic carbocycles. The van der Waals surface area contributed by atoms with Gasteiger partial charge in [-0.3, -0.25) is 0 Å². The Morgan fingerprint density at radius 3 is 2.67 bits per heavy atom. The van der Waals surface area contributed by atoms with Gasteiger partial charge in [0.15, 0.2) is 0 Å². The van der Waals surface area contributed by atoms with Crippen molar-refractivity contribution in [1.82, 2.24) is 4.31 Å². The Morgan fingerprint density at radius 1 is 1.48 bits per heavy atom. The first-order valence-electron chi connectivity index (χ1n) is 6.42. The number of sulfonamides is 1. The third-order valence-electron chi connectivity index (χ3n) is 3.31. The first-order chi connectivity index (χ1) is 9.90. The molecule has 1 saturated carbocycles. The summed E-state index contributed by atoms with van der Waals surface area (Å²) in [5.74, 6) is 1.74. The van der Waals surface area contributed by atoms with E-state index in [1.165, 1.54) is 6.07 Å². The zero-order chi connectivity index (χ0) is 15.6. The topological polar surface area (TPSA) is 57.6 Å². The molecule has 0 amide bonds. The van der Waals surface area contributed by atoms with Gasteiger partial charge in [0.25, 0.3) is 0 Å². The number of rotatable bonds is 6. The van der Waals surface area contributed by atoms with Crippen LogP contribution >= 0.6 is 11.6 Å². The number of terminal acetylenes is 1. The largest absolute Gasteiger partial charge is 0.392 e. The van der Waals surface area contributed by atoms with Crippen molar-refractivity contribution >= 4 is 21.6 Å². The lowest BCUT2D eigenvalue weighted by Crippen LogP contribution is -2.33. The van der Waals surface area contributed by atoms with Crippen LogP contribution in [-0.4, -0.2) is 30.9 Å². The molecule has 114 valence electrons. The second-order valence-corrected chi connectivity index (χ2v) is 7.30. The summed E-state index contributed by atoms with van der Waals surface area (Å²) < 4.78 is 40.0. The van der Waals surface area contributed by atoms with Crippen molar-refractivity contribution < 1.29 is 17.9 Å². The number of benzene rings is 1. The summed E-state index contributed by atoms with van der Waals surface area (Å²) in [6.45, 7) is -0.292. The smallest absolute Gasteiger partial charge is 0.244 e. The summed E-state index contributed by atoms with van der Waals surface area (Å²) in [6.07, 6.45) is 7.15. The first-order valence-corrected chi connectivity index (χ1v) is 8.24. The summed E-state index contributed by atoms with van der Waals surface area (Å²) in [6, 6.07) is 2.03. The summed E-state index contributed by atoms with van der Waals surface area (Å²) in [5.41, 5.74) is 0.0299. The zero-order valence-corrected chi connectivity index (χ0v) is 12.8. The molecule has 7 heteroatoms.